The Balaban J connectivity index is 0.00000208. The lowest BCUT2D eigenvalue weighted by Crippen LogP contribution is -2.34. The van der Waals surface area contributed by atoms with Gasteiger partial charge in [-0.15, -0.1) is 12.4 Å². The fourth-order valence-corrected chi connectivity index (χ4v) is 3.39. The molecule has 132 valence electrons. The average Bonchev–Trinajstić information content (AvgIpc) is 3.15. The molecular formula is C18H26ClN3O2. The van der Waals surface area contributed by atoms with Crippen LogP contribution < -0.4 is 5.73 Å². The van der Waals surface area contributed by atoms with Crippen molar-refractivity contribution in [3.05, 3.63) is 35.4 Å². The predicted octanol–water partition coefficient (Wildman–Crippen LogP) is 2.04. The van der Waals surface area contributed by atoms with Crippen molar-refractivity contribution in [1.29, 1.82) is 0 Å². The Morgan fingerprint density at radius 2 is 1.96 bits per heavy atom. The van der Waals surface area contributed by atoms with E-state index in [2.05, 4.69) is 6.92 Å². The van der Waals surface area contributed by atoms with E-state index in [-0.39, 0.29) is 29.6 Å². The van der Waals surface area contributed by atoms with Crippen LogP contribution in [0.15, 0.2) is 24.3 Å². The minimum atomic E-state index is 0. The molecule has 1 atom stereocenters. The van der Waals surface area contributed by atoms with Crippen LogP contribution in [0, 0.1) is 5.41 Å². The van der Waals surface area contributed by atoms with Gasteiger partial charge in [-0.25, -0.2) is 0 Å². The van der Waals surface area contributed by atoms with Crippen molar-refractivity contribution in [1.82, 2.24) is 9.80 Å². The second-order valence-electron chi connectivity index (χ2n) is 7.11. The van der Waals surface area contributed by atoms with E-state index in [9.17, 15) is 9.59 Å². The minimum absolute atomic E-state index is 0. The molecule has 6 heteroatoms. The smallest absolute Gasteiger partial charge is 0.253 e. The molecule has 3 rings (SSSR count). The molecule has 0 spiro atoms. The van der Waals surface area contributed by atoms with Crippen LogP contribution in [0.5, 0.6) is 0 Å². The zero-order chi connectivity index (χ0) is 16.4. The highest BCUT2D eigenvalue weighted by Crippen LogP contribution is 2.29. The number of benzene rings is 1. The third-order valence-electron chi connectivity index (χ3n) is 5.08. The molecule has 0 aliphatic carbocycles. The van der Waals surface area contributed by atoms with Crippen LogP contribution in [-0.4, -0.2) is 47.8 Å². The summed E-state index contributed by atoms with van der Waals surface area (Å²) in [5, 5.41) is 0. The van der Waals surface area contributed by atoms with E-state index in [4.69, 9.17) is 5.73 Å². The highest BCUT2D eigenvalue weighted by Gasteiger charge is 2.35. The first-order valence-electron chi connectivity index (χ1n) is 8.37. The molecule has 2 fully saturated rings. The molecule has 2 N–H and O–H groups in total. The van der Waals surface area contributed by atoms with Crippen LogP contribution >= 0.6 is 12.4 Å². The van der Waals surface area contributed by atoms with E-state index in [1.165, 1.54) is 0 Å². The largest absolute Gasteiger partial charge is 0.338 e. The molecule has 2 heterocycles. The molecule has 2 amide bonds. The molecule has 1 unspecified atom stereocenters. The van der Waals surface area contributed by atoms with Crippen LogP contribution in [0.25, 0.3) is 0 Å². The summed E-state index contributed by atoms with van der Waals surface area (Å²) < 4.78 is 0. The molecule has 5 nitrogen and oxygen atoms in total. The highest BCUT2D eigenvalue weighted by atomic mass is 35.5. The normalized spacial score (nSPS) is 23.5. The highest BCUT2D eigenvalue weighted by molar-refractivity contribution is 5.94. The number of rotatable bonds is 4. The SMILES string of the molecule is CC1(CN)CCN(C(=O)c2ccc(CN3CCCC3=O)cc2)C1.Cl. The number of nitrogens with two attached hydrogens (primary N) is 1. The third-order valence-corrected chi connectivity index (χ3v) is 5.08. The lowest BCUT2D eigenvalue weighted by molar-refractivity contribution is -0.128. The molecule has 1 aromatic rings. The van der Waals surface area contributed by atoms with Gasteiger partial charge in [-0.1, -0.05) is 19.1 Å². The standard InChI is InChI=1S/C18H25N3O2.ClH/c1-18(12-19)8-10-21(13-18)17(23)15-6-4-14(5-7-15)11-20-9-2-3-16(20)22;/h4-7H,2-3,8-13,19H2,1H3;1H. The van der Waals surface area contributed by atoms with Crippen molar-refractivity contribution >= 4 is 24.2 Å². The number of hydrogen-bond donors (Lipinski definition) is 1. The molecule has 2 aliphatic heterocycles. The molecule has 24 heavy (non-hydrogen) atoms. The van der Waals surface area contributed by atoms with Crippen molar-refractivity contribution in [3.8, 4) is 0 Å². The van der Waals surface area contributed by atoms with E-state index in [1.807, 2.05) is 34.1 Å². The van der Waals surface area contributed by atoms with Gasteiger partial charge in [0, 0.05) is 38.2 Å². The quantitative estimate of drug-likeness (QED) is 0.902. The molecular weight excluding hydrogens is 326 g/mol. The molecule has 0 bridgehead atoms. The summed E-state index contributed by atoms with van der Waals surface area (Å²) in [6.07, 6.45) is 2.57. The van der Waals surface area contributed by atoms with Crippen molar-refractivity contribution in [2.24, 2.45) is 11.1 Å². The Kier molecular flexibility index (Phi) is 5.88. The maximum atomic E-state index is 12.6. The predicted molar refractivity (Wildman–Crippen MR) is 96.0 cm³/mol. The van der Waals surface area contributed by atoms with Gasteiger partial charge in [-0.2, -0.15) is 0 Å². The van der Waals surface area contributed by atoms with Gasteiger partial charge in [0.15, 0.2) is 0 Å². The number of nitrogens with zero attached hydrogens (tertiary/aromatic N) is 2. The number of halogens is 1. The van der Waals surface area contributed by atoms with Crippen LogP contribution in [-0.2, 0) is 11.3 Å². The summed E-state index contributed by atoms with van der Waals surface area (Å²) in [5.74, 6) is 0.300. The van der Waals surface area contributed by atoms with Gasteiger partial charge in [-0.3, -0.25) is 9.59 Å². The first kappa shape index (κ1) is 18.7. The van der Waals surface area contributed by atoms with Crippen molar-refractivity contribution < 1.29 is 9.59 Å². The summed E-state index contributed by atoms with van der Waals surface area (Å²) in [7, 11) is 0. The fourth-order valence-electron chi connectivity index (χ4n) is 3.39. The number of hydrogen-bond acceptors (Lipinski definition) is 3. The molecule has 2 saturated heterocycles. The maximum absolute atomic E-state index is 12.6. The zero-order valence-electron chi connectivity index (χ0n) is 14.2. The number of likely N-dealkylation sites (tertiary alicyclic amines) is 2. The summed E-state index contributed by atoms with van der Waals surface area (Å²) in [6, 6.07) is 7.65. The second kappa shape index (κ2) is 7.53. The monoisotopic (exact) mass is 351 g/mol. The third kappa shape index (κ3) is 3.90. The van der Waals surface area contributed by atoms with E-state index < -0.39 is 0 Å². The topological polar surface area (TPSA) is 66.6 Å². The van der Waals surface area contributed by atoms with Crippen molar-refractivity contribution in [2.45, 2.75) is 32.7 Å². The number of carbonyl (C=O) groups is 2. The molecule has 0 saturated carbocycles. The van der Waals surface area contributed by atoms with Gasteiger partial charge in [0.1, 0.15) is 0 Å². The number of carbonyl (C=O) groups excluding carboxylic acids is 2. The Hall–Kier alpha value is -1.59. The van der Waals surface area contributed by atoms with Gasteiger partial charge < -0.3 is 15.5 Å². The van der Waals surface area contributed by atoms with E-state index in [0.29, 0.717) is 25.1 Å². The van der Waals surface area contributed by atoms with Crippen molar-refractivity contribution in [3.63, 3.8) is 0 Å². The molecule has 2 aliphatic rings. The van der Waals surface area contributed by atoms with Gasteiger partial charge in [-0.05, 0) is 42.5 Å². The van der Waals surface area contributed by atoms with Gasteiger partial charge in [0.2, 0.25) is 5.91 Å². The van der Waals surface area contributed by atoms with E-state index >= 15 is 0 Å². The summed E-state index contributed by atoms with van der Waals surface area (Å²) in [5.41, 5.74) is 7.64. The van der Waals surface area contributed by atoms with Gasteiger partial charge in [0.25, 0.3) is 5.91 Å². The van der Waals surface area contributed by atoms with Crippen LogP contribution in [0.1, 0.15) is 42.1 Å². The van der Waals surface area contributed by atoms with Crippen LogP contribution in [0.2, 0.25) is 0 Å². The first-order valence-corrected chi connectivity index (χ1v) is 8.37. The zero-order valence-corrected chi connectivity index (χ0v) is 15.0. The molecule has 1 aromatic carbocycles. The van der Waals surface area contributed by atoms with E-state index in [0.717, 1.165) is 38.0 Å². The molecule has 0 aromatic heterocycles. The van der Waals surface area contributed by atoms with Crippen LogP contribution in [0.4, 0.5) is 0 Å². The minimum Gasteiger partial charge on any atom is -0.338 e. The van der Waals surface area contributed by atoms with Crippen molar-refractivity contribution in [2.75, 3.05) is 26.2 Å². The lowest BCUT2D eigenvalue weighted by Gasteiger charge is -2.22. The summed E-state index contributed by atoms with van der Waals surface area (Å²) in [4.78, 5) is 28.0. The fraction of sp³-hybridized carbons (Fsp3) is 0.556. The van der Waals surface area contributed by atoms with Crippen LogP contribution in [0.3, 0.4) is 0 Å². The van der Waals surface area contributed by atoms with Gasteiger partial charge in [0.05, 0.1) is 0 Å². The van der Waals surface area contributed by atoms with Gasteiger partial charge >= 0.3 is 0 Å². The first-order chi connectivity index (χ1) is 11.0. The Morgan fingerprint density at radius 1 is 1.25 bits per heavy atom. The molecule has 0 radical (unpaired) electrons. The summed E-state index contributed by atoms with van der Waals surface area (Å²) in [6.45, 7) is 5.73. The van der Waals surface area contributed by atoms with E-state index in [1.54, 1.807) is 0 Å². The Labute approximate surface area is 149 Å². The average molecular weight is 352 g/mol. The maximum Gasteiger partial charge on any atom is 0.253 e. The Morgan fingerprint density at radius 3 is 2.50 bits per heavy atom. The second-order valence-corrected chi connectivity index (χ2v) is 7.11. The Bertz CT molecular complexity index is 605. The lowest BCUT2D eigenvalue weighted by atomic mass is 9.90. The number of amides is 2. The summed E-state index contributed by atoms with van der Waals surface area (Å²) >= 11 is 0.